The second kappa shape index (κ2) is 13.3. The first-order chi connectivity index (χ1) is 20.4. The van der Waals surface area contributed by atoms with Gasteiger partial charge < -0.3 is 14.2 Å². The van der Waals surface area contributed by atoms with Gasteiger partial charge >= 0.3 is 12.1 Å². The third-order valence-corrected chi connectivity index (χ3v) is 6.90. The lowest BCUT2D eigenvalue weighted by Gasteiger charge is -2.26. The minimum Gasteiger partial charge on any atom is -0.493 e. The van der Waals surface area contributed by atoms with Gasteiger partial charge in [-0.05, 0) is 69.2 Å². The van der Waals surface area contributed by atoms with Gasteiger partial charge in [0.15, 0.2) is 17.1 Å². The molecule has 0 aliphatic heterocycles. The van der Waals surface area contributed by atoms with Gasteiger partial charge in [-0.2, -0.15) is 18.3 Å². The maximum absolute atomic E-state index is 13.9. The normalized spacial score (nSPS) is 11.9. The van der Waals surface area contributed by atoms with Crippen molar-refractivity contribution < 1.29 is 32.2 Å². The Morgan fingerprint density at radius 3 is 2.26 bits per heavy atom. The fourth-order valence-corrected chi connectivity index (χ4v) is 4.72. The topological polar surface area (TPSA) is 65.8 Å². The molecule has 0 N–H and O–H groups in total. The molecule has 1 heterocycles. The molecule has 0 aliphatic carbocycles. The zero-order valence-electron chi connectivity index (χ0n) is 24.9. The van der Waals surface area contributed by atoms with Gasteiger partial charge in [0, 0.05) is 31.4 Å². The molecule has 7 nitrogen and oxygen atoms in total. The molecule has 1 aromatic heterocycles. The summed E-state index contributed by atoms with van der Waals surface area (Å²) in [6, 6.07) is 20.5. The average Bonchev–Trinajstić information content (AvgIpc) is 3.33. The van der Waals surface area contributed by atoms with E-state index in [4.69, 9.17) is 14.2 Å². The summed E-state index contributed by atoms with van der Waals surface area (Å²) in [4.78, 5) is 14.3. The van der Waals surface area contributed by atoms with Crippen molar-refractivity contribution in [2.45, 2.75) is 59.1 Å². The number of para-hydroxylation sites is 1. The molecule has 0 spiro atoms. The maximum Gasteiger partial charge on any atom is 0.416 e. The van der Waals surface area contributed by atoms with Crippen LogP contribution < -0.4 is 9.47 Å². The summed E-state index contributed by atoms with van der Waals surface area (Å²) < 4.78 is 60.1. The zero-order chi connectivity index (χ0) is 31.2. The molecule has 0 aliphatic rings. The zero-order valence-corrected chi connectivity index (χ0v) is 24.9. The van der Waals surface area contributed by atoms with Gasteiger partial charge in [0.05, 0.1) is 30.7 Å². The number of methoxy groups -OCH3 is 1. The molecular formula is C33H36F3N3O4. The molecule has 0 saturated heterocycles. The maximum atomic E-state index is 13.9. The number of halogens is 3. The number of aromatic nitrogens is 2. The summed E-state index contributed by atoms with van der Waals surface area (Å²) in [7, 11) is 1.49. The van der Waals surface area contributed by atoms with Crippen molar-refractivity contribution >= 4 is 5.97 Å². The second-order valence-electron chi connectivity index (χ2n) is 10.6. The number of ether oxygens (including phenoxy) is 3. The van der Waals surface area contributed by atoms with Crippen LogP contribution in [0.2, 0.25) is 0 Å². The van der Waals surface area contributed by atoms with E-state index in [1.807, 2.05) is 54.4 Å². The van der Waals surface area contributed by atoms with Crippen LogP contribution in [-0.4, -0.2) is 40.0 Å². The fourth-order valence-electron chi connectivity index (χ4n) is 4.72. The van der Waals surface area contributed by atoms with Gasteiger partial charge in [-0.3, -0.25) is 4.90 Å². The second-order valence-corrected chi connectivity index (χ2v) is 10.6. The molecule has 4 rings (SSSR count). The lowest BCUT2D eigenvalue weighted by molar-refractivity contribution is -0.158. The Kier molecular flexibility index (Phi) is 9.80. The first-order valence-corrected chi connectivity index (χ1v) is 13.9. The fraction of sp³-hybridized carbons (Fsp3) is 0.333. The van der Waals surface area contributed by atoms with E-state index in [9.17, 15) is 18.0 Å². The van der Waals surface area contributed by atoms with Crippen LogP contribution in [0.4, 0.5) is 13.2 Å². The van der Waals surface area contributed by atoms with Crippen molar-refractivity contribution in [1.82, 2.24) is 14.7 Å². The SMILES string of the molecule is CCOC(=O)C(C)(C)Oc1ccc(CN(Cc2ccccc2C(F)(F)F)Cc2cn(-c3ccccc3)nc2C)cc1OC. The molecule has 228 valence electrons. The number of rotatable bonds is 12. The summed E-state index contributed by atoms with van der Waals surface area (Å²) in [5, 5.41) is 4.64. The van der Waals surface area contributed by atoms with E-state index in [-0.39, 0.29) is 18.7 Å². The minimum atomic E-state index is -4.48. The molecule has 0 bridgehead atoms. The monoisotopic (exact) mass is 595 g/mol. The summed E-state index contributed by atoms with van der Waals surface area (Å²) in [5.74, 6) is 0.221. The standard InChI is InChI=1S/C33H36F3N3O4/c1-6-42-31(40)32(3,4)43-29-17-16-24(18-30(29)41-5)19-38(20-25-12-10-11-15-28(25)33(34,35)36)21-26-22-39(37-23(26)2)27-13-8-7-9-14-27/h7-18,22H,6,19-21H2,1-5H3. The van der Waals surface area contributed by atoms with Crippen LogP contribution in [0.5, 0.6) is 11.5 Å². The summed E-state index contributed by atoms with van der Waals surface area (Å²) >= 11 is 0. The molecular weight excluding hydrogens is 559 g/mol. The highest BCUT2D eigenvalue weighted by Crippen LogP contribution is 2.34. The highest BCUT2D eigenvalue weighted by molar-refractivity contribution is 5.79. The Morgan fingerprint density at radius 2 is 1.58 bits per heavy atom. The van der Waals surface area contributed by atoms with E-state index in [2.05, 4.69) is 5.10 Å². The Labute approximate surface area is 249 Å². The van der Waals surface area contributed by atoms with Gasteiger partial charge in [0.25, 0.3) is 0 Å². The molecule has 3 aromatic carbocycles. The largest absolute Gasteiger partial charge is 0.493 e. The molecule has 0 atom stereocenters. The lowest BCUT2D eigenvalue weighted by atomic mass is 10.1. The first-order valence-electron chi connectivity index (χ1n) is 13.9. The van der Waals surface area contributed by atoms with E-state index in [0.717, 1.165) is 28.6 Å². The van der Waals surface area contributed by atoms with E-state index >= 15 is 0 Å². The Balaban J connectivity index is 1.65. The number of benzene rings is 3. The number of nitrogens with zero attached hydrogens (tertiary/aromatic N) is 3. The van der Waals surface area contributed by atoms with Gasteiger partial charge in [-0.1, -0.05) is 42.5 Å². The Morgan fingerprint density at radius 1 is 0.907 bits per heavy atom. The minimum absolute atomic E-state index is 0.0437. The predicted octanol–water partition coefficient (Wildman–Crippen LogP) is 7.13. The average molecular weight is 596 g/mol. The summed E-state index contributed by atoms with van der Waals surface area (Å²) in [5.41, 5.74) is 1.59. The van der Waals surface area contributed by atoms with Crippen LogP contribution >= 0.6 is 0 Å². The quantitative estimate of drug-likeness (QED) is 0.162. The summed E-state index contributed by atoms with van der Waals surface area (Å²) in [6.45, 7) is 7.74. The van der Waals surface area contributed by atoms with Gasteiger partial charge in [0.1, 0.15) is 0 Å². The van der Waals surface area contributed by atoms with Crippen LogP contribution in [0.1, 0.15) is 48.7 Å². The van der Waals surface area contributed by atoms with Crippen LogP contribution in [-0.2, 0) is 35.3 Å². The number of alkyl halides is 3. The molecule has 0 amide bonds. The highest BCUT2D eigenvalue weighted by Gasteiger charge is 2.34. The molecule has 0 radical (unpaired) electrons. The third kappa shape index (κ3) is 7.95. The van der Waals surface area contributed by atoms with E-state index in [1.54, 1.807) is 43.7 Å². The lowest BCUT2D eigenvalue weighted by Crippen LogP contribution is -2.39. The number of hydrogen-bond acceptors (Lipinski definition) is 6. The Bertz CT molecular complexity index is 1530. The number of hydrogen-bond donors (Lipinski definition) is 0. The molecule has 0 fully saturated rings. The molecule has 0 unspecified atom stereocenters. The van der Waals surface area contributed by atoms with Gasteiger partial charge in [-0.15, -0.1) is 0 Å². The van der Waals surface area contributed by atoms with Crippen LogP contribution in [0, 0.1) is 6.92 Å². The van der Waals surface area contributed by atoms with Crippen molar-refractivity contribution in [2.24, 2.45) is 0 Å². The van der Waals surface area contributed by atoms with Gasteiger partial charge in [-0.25, -0.2) is 9.48 Å². The molecule has 10 heteroatoms. The number of aryl methyl sites for hydroxylation is 1. The van der Waals surface area contributed by atoms with Crippen LogP contribution in [0.3, 0.4) is 0 Å². The third-order valence-electron chi connectivity index (χ3n) is 6.90. The highest BCUT2D eigenvalue weighted by atomic mass is 19.4. The van der Waals surface area contributed by atoms with Crippen molar-refractivity contribution in [2.75, 3.05) is 13.7 Å². The predicted molar refractivity (Wildman–Crippen MR) is 157 cm³/mol. The van der Waals surface area contributed by atoms with Crippen molar-refractivity contribution in [3.05, 3.63) is 107 Å². The molecule has 4 aromatic rings. The van der Waals surface area contributed by atoms with Crippen LogP contribution in [0.25, 0.3) is 5.69 Å². The van der Waals surface area contributed by atoms with Gasteiger partial charge in [0.2, 0.25) is 0 Å². The van der Waals surface area contributed by atoms with E-state index in [1.165, 1.54) is 19.2 Å². The first kappa shape index (κ1) is 31.6. The number of esters is 1. The Hall–Kier alpha value is -4.31. The molecule has 43 heavy (non-hydrogen) atoms. The summed E-state index contributed by atoms with van der Waals surface area (Å²) in [6.07, 6.45) is -2.58. The molecule has 0 saturated carbocycles. The van der Waals surface area contributed by atoms with E-state index < -0.39 is 23.3 Å². The van der Waals surface area contributed by atoms with Crippen LogP contribution in [0.15, 0.2) is 79.0 Å². The number of carbonyl (C=O) groups excluding carboxylic acids is 1. The van der Waals surface area contributed by atoms with Crippen molar-refractivity contribution in [1.29, 1.82) is 0 Å². The van der Waals surface area contributed by atoms with E-state index in [0.29, 0.717) is 24.6 Å². The van der Waals surface area contributed by atoms with Crippen molar-refractivity contribution in [3.63, 3.8) is 0 Å². The van der Waals surface area contributed by atoms with Crippen molar-refractivity contribution in [3.8, 4) is 17.2 Å². The number of carbonyl (C=O) groups is 1. The smallest absolute Gasteiger partial charge is 0.416 e.